The highest BCUT2D eigenvalue weighted by Gasteiger charge is 2.17. The van der Waals surface area contributed by atoms with Crippen LogP contribution in [0.3, 0.4) is 0 Å². The predicted octanol–water partition coefficient (Wildman–Crippen LogP) is 3.23. The monoisotopic (exact) mass is 248 g/mol. The first-order chi connectivity index (χ1) is 8.79. The number of ether oxygens (including phenoxy) is 2. The van der Waals surface area contributed by atoms with Gasteiger partial charge in [-0.1, -0.05) is 0 Å². The lowest BCUT2D eigenvalue weighted by molar-refractivity contribution is 0.0859. The molecule has 1 fully saturated rings. The molecule has 18 heavy (non-hydrogen) atoms. The van der Waals surface area contributed by atoms with Crippen molar-refractivity contribution in [3.63, 3.8) is 0 Å². The van der Waals surface area contributed by atoms with Crippen molar-refractivity contribution in [2.45, 2.75) is 38.7 Å². The van der Waals surface area contributed by atoms with Gasteiger partial charge in [0.15, 0.2) is 5.78 Å². The van der Waals surface area contributed by atoms with E-state index in [4.69, 9.17) is 9.47 Å². The first kappa shape index (κ1) is 13.1. The summed E-state index contributed by atoms with van der Waals surface area (Å²) in [5.41, 5.74) is 0.761. The number of benzene rings is 1. The summed E-state index contributed by atoms with van der Waals surface area (Å²) in [6.45, 7) is 3.44. The lowest BCUT2D eigenvalue weighted by atomic mass is 10.0. The molecule has 2 rings (SSSR count). The van der Waals surface area contributed by atoms with Gasteiger partial charge < -0.3 is 9.47 Å². The van der Waals surface area contributed by atoms with Crippen LogP contribution in [0.1, 0.15) is 43.0 Å². The highest BCUT2D eigenvalue weighted by molar-refractivity contribution is 5.96. The van der Waals surface area contributed by atoms with Gasteiger partial charge in [0.2, 0.25) is 0 Å². The maximum Gasteiger partial charge on any atom is 0.162 e. The van der Waals surface area contributed by atoms with Crippen molar-refractivity contribution in [1.82, 2.24) is 0 Å². The Morgan fingerprint density at radius 1 is 1.39 bits per heavy atom. The minimum absolute atomic E-state index is 0.188. The molecule has 3 heteroatoms. The lowest BCUT2D eigenvalue weighted by Gasteiger charge is -2.08. The molecule has 0 N–H and O–H groups in total. The SMILES string of the molecule is CCOc1ccc(C(=O)CCC2CCCO2)cc1. The molecule has 98 valence electrons. The van der Waals surface area contributed by atoms with Gasteiger partial charge in [-0.25, -0.2) is 0 Å². The molecular weight excluding hydrogens is 228 g/mol. The maximum atomic E-state index is 12.0. The highest BCUT2D eigenvalue weighted by Crippen LogP contribution is 2.19. The van der Waals surface area contributed by atoms with E-state index in [9.17, 15) is 4.79 Å². The fourth-order valence-corrected chi connectivity index (χ4v) is 2.21. The minimum atomic E-state index is 0.188. The van der Waals surface area contributed by atoms with Crippen LogP contribution in [0.2, 0.25) is 0 Å². The van der Waals surface area contributed by atoms with Crippen LogP contribution in [0.25, 0.3) is 0 Å². The zero-order valence-electron chi connectivity index (χ0n) is 10.9. The summed E-state index contributed by atoms with van der Waals surface area (Å²) < 4.78 is 10.9. The normalized spacial score (nSPS) is 18.8. The average Bonchev–Trinajstić information content (AvgIpc) is 2.90. The van der Waals surface area contributed by atoms with Crippen LogP contribution < -0.4 is 4.74 Å². The third kappa shape index (κ3) is 3.57. The molecular formula is C15H20O3. The second-order valence-corrected chi connectivity index (χ2v) is 4.55. The summed E-state index contributed by atoms with van der Waals surface area (Å²) in [7, 11) is 0. The molecule has 1 unspecified atom stereocenters. The summed E-state index contributed by atoms with van der Waals surface area (Å²) in [5.74, 6) is 1.00. The number of Topliss-reactive ketones (excluding diaryl/α,β-unsaturated/α-hetero) is 1. The molecule has 0 amide bonds. The molecule has 1 aliphatic rings. The number of carbonyl (C=O) groups is 1. The van der Waals surface area contributed by atoms with Crippen LogP contribution >= 0.6 is 0 Å². The lowest BCUT2D eigenvalue weighted by Crippen LogP contribution is -2.08. The van der Waals surface area contributed by atoms with Crippen LogP contribution in [-0.2, 0) is 4.74 Å². The molecule has 1 heterocycles. The van der Waals surface area contributed by atoms with E-state index < -0.39 is 0 Å². The van der Waals surface area contributed by atoms with Gasteiger partial charge in [-0.2, -0.15) is 0 Å². The molecule has 1 atom stereocenters. The summed E-state index contributed by atoms with van der Waals surface area (Å²) in [4.78, 5) is 12.0. The predicted molar refractivity (Wildman–Crippen MR) is 70.1 cm³/mol. The Kier molecular flexibility index (Phi) is 4.76. The number of hydrogen-bond donors (Lipinski definition) is 0. The van der Waals surface area contributed by atoms with Gasteiger partial charge in [0.05, 0.1) is 12.7 Å². The molecule has 0 aliphatic carbocycles. The van der Waals surface area contributed by atoms with Gasteiger partial charge in [-0.15, -0.1) is 0 Å². The summed E-state index contributed by atoms with van der Waals surface area (Å²) in [5, 5.41) is 0. The molecule has 0 saturated carbocycles. The van der Waals surface area contributed by atoms with Gasteiger partial charge >= 0.3 is 0 Å². The van der Waals surface area contributed by atoms with Gasteiger partial charge in [0.25, 0.3) is 0 Å². The van der Waals surface area contributed by atoms with Crippen molar-refractivity contribution in [3.8, 4) is 5.75 Å². The average molecular weight is 248 g/mol. The smallest absolute Gasteiger partial charge is 0.162 e. The maximum absolute atomic E-state index is 12.0. The fourth-order valence-electron chi connectivity index (χ4n) is 2.21. The highest BCUT2D eigenvalue weighted by atomic mass is 16.5. The van der Waals surface area contributed by atoms with Crippen LogP contribution in [0.15, 0.2) is 24.3 Å². The van der Waals surface area contributed by atoms with Crippen LogP contribution in [0, 0.1) is 0 Å². The van der Waals surface area contributed by atoms with E-state index in [-0.39, 0.29) is 11.9 Å². The van der Waals surface area contributed by atoms with Crippen molar-refractivity contribution < 1.29 is 14.3 Å². The number of hydrogen-bond acceptors (Lipinski definition) is 3. The summed E-state index contributed by atoms with van der Waals surface area (Å²) in [6, 6.07) is 7.37. The van der Waals surface area contributed by atoms with Crippen molar-refractivity contribution in [2.75, 3.05) is 13.2 Å². The van der Waals surface area contributed by atoms with Gasteiger partial charge in [-0.05, 0) is 50.5 Å². The molecule has 1 aromatic carbocycles. The molecule has 0 aromatic heterocycles. The Balaban J connectivity index is 1.83. The van der Waals surface area contributed by atoms with Crippen molar-refractivity contribution >= 4 is 5.78 Å². The molecule has 0 spiro atoms. The number of rotatable bonds is 6. The third-order valence-corrected chi connectivity index (χ3v) is 3.20. The van der Waals surface area contributed by atoms with E-state index in [1.807, 2.05) is 31.2 Å². The van der Waals surface area contributed by atoms with E-state index in [0.29, 0.717) is 13.0 Å². The first-order valence-electron chi connectivity index (χ1n) is 6.67. The quantitative estimate of drug-likeness (QED) is 0.725. The van der Waals surface area contributed by atoms with E-state index in [0.717, 1.165) is 37.2 Å². The van der Waals surface area contributed by atoms with E-state index in [2.05, 4.69) is 0 Å². The third-order valence-electron chi connectivity index (χ3n) is 3.20. The van der Waals surface area contributed by atoms with Crippen molar-refractivity contribution in [2.24, 2.45) is 0 Å². The van der Waals surface area contributed by atoms with Gasteiger partial charge in [0, 0.05) is 18.6 Å². The Labute approximate surface area is 108 Å². The molecule has 0 radical (unpaired) electrons. The molecule has 1 aromatic rings. The minimum Gasteiger partial charge on any atom is -0.494 e. The Morgan fingerprint density at radius 3 is 2.78 bits per heavy atom. The fraction of sp³-hybridized carbons (Fsp3) is 0.533. The zero-order chi connectivity index (χ0) is 12.8. The summed E-state index contributed by atoms with van der Waals surface area (Å²) >= 11 is 0. The first-order valence-corrected chi connectivity index (χ1v) is 6.67. The van der Waals surface area contributed by atoms with Crippen LogP contribution in [-0.4, -0.2) is 25.1 Å². The standard InChI is InChI=1S/C15H20O3/c1-2-17-14-7-5-12(6-8-14)15(16)10-9-13-4-3-11-18-13/h5-8,13H,2-4,9-11H2,1H3. The van der Waals surface area contributed by atoms with Gasteiger partial charge in [0.1, 0.15) is 5.75 Å². The number of carbonyl (C=O) groups excluding carboxylic acids is 1. The topological polar surface area (TPSA) is 35.5 Å². The Bertz CT molecular complexity index is 377. The zero-order valence-corrected chi connectivity index (χ0v) is 10.9. The van der Waals surface area contributed by atoms with Crippen LogP contribution in [0.5, 0.6) is 5.75 Å². The number of ketones is 1. The molecule has 1 saturated heterocycles. The van der Waals surface area contributed by atoms with Crippen LogP contribution in [0.4, 0.5) is 0 Å². The largest absolute Gasteiger partial charge is 0.494 e. The van der Waals surface area contributed by atoms with Crippen molar-refractivity contribution in [1.29, 1.82) is 0 Å². The Hall–Kier alpha value is -1.35. The van der Waals surface area contributed by atoms with E-state index >= 15 is 0 Å². The van der Waals surface area contributed by atoms with E-state index in [1.165, 1.54) is 0 Å². The van der Waals surface area contributed by atoms with Gasteiger partial charge in [-0.3, -0.25) is 4.79 Å². The van der Waals surface area contributed by atoms with Crippen molar-refractivity contribution in [3.05, 3.63) is 29.8 Å². The summed E-state index contributed by atoms with van der Waals surface area (Å²) in [6.07, 6.45) is 3.92. The van der Waals surface area contributed by atoms with E-state index in [1.54, 1.807) is 0 Å². The second kappa shape index (κ2) is 6.55. The molecule has 3 nitrogen and oxygen atoms in total. The Morgan fingerprint density at radius 2 is 2.17 bits per heavy atom. The second-order valence-electron chi connectivity index (χ2n) is 4.55. The molecule has 0 bridgehead atoms. The molecule has 1 aliphatic heterocycles.